The van der Waals surface area contributed by atoms with E-state index in [1.54, 1.807) is 0 Å². The predicted molar refractivity (Wildman–Crippen MR) is 155 cm³/mol. The molecule has 0 aromatic heterocycles. The lowest BCUT2D eigenvalue weighted by Gasteiger charge is -2.20. The van der Waals surface area contributed by atoms with Crippen molar-refractivity contribution in [3.8, 4) is 0 Å². The van der Waals surface area contributed by atoms with Gasteiger partial charge in [0.2, 0.25) is 0 Å². The Balaban J connectivity index is 4.75. The quantitative estimate of drug-likeness (QED) is 0.132. The van der Waals surface area contributed by atoms with Crippen LogP contribution in [0.25, 0.3) is 0 Å². The van der Waals surface area contributed by atoms with Crippen molar-refractivity contribution >= 4 is 87.0 Å². The second kappa shape index (κ2) is 19.0. The Hall–Kier alpha value is -3.45. The van der Waals surface area contributed by atoms with Crippen molar-refractivity contribution in [2.75, 3.05) is 0 Å². The van der Waals surface area contributed by atoms with E-state index in [1.807, 2.05) is 0 Å². The van der Waals surface area contributed by atoms with Gasteiger partial charge in [-0.1, -0.05) is 35.7 Å². The molecule has 0 radical (unpaired) electrons. The van der Waals surface area contributed by atoms with Crippen molar-refractivity contribution in [2.24, 2.45) is 0 Å². The van der Waals surface area contributed by atoms with Gasteiger partial charge in [-0.15, -0.1) is 0 Å². The topological polar surface area (TPSA) is 232 Å². The van der Waals surface area contributed by atoms with E-state index in [1.165, 1.54) is 27.7 Å². The van der Waals surface area contributed by atoms with E-state index in [0.717, 1.165) is 51.2 Å². The monoisotopic (exact) mass is 686 g/mol. The first kappa shape index (κ1) is 40.5. The number of rotatable bonds is 16. The number of ether oxygens (including phenoxy) is 6. The molecule has 0 spiro atoms. The Morgan fingerprint density at radius 1 is 0.432 bits per heavy atom. The standard InChI is InChI=1S/C25H34O16S3/c1-9(17(26)27)36-19(30)11(3)38-21(32)13(5)40-23(34)15(7)43-25(42)44-16(8)24(35)41-14(6)22(33)39-12(4)20(31)37-10(2)18(28)29/h9-16H,1-8H3,(H,26,27)(H,28,29). The molecule has 0 aromatic rings. The number of carbonyl (C=O) groups excluding carboxylic acids is 6. The summed E-state index contributed by atoms with van der Waals surface area (Å²) >= 11 is 6.84. The van der Waals surface area contributed by atoms with E-state index in [9.17, 15) is 38.4 Å². The molecule has 16 nitrogen and oxygen atoms in total. The SMILES string of the molecule is CC(OC(=O)C(C)OC(=O)C(C)OC(=O)C(C)SC(=S)SC(C)C(=O)OC(C)C(=O)OC(C)C(=O)OC(C)C(=O)O)C(=O)O. The number of hydrogen-bond donors (Lipinski definition) is 2. The van der Waals surface area contributed by atoms with Crippen molar-refractivity contribution in [1.29, 1.82) is 0 Å². The minimum Gasteiger partial charge on any atom is -0.479 e. The van der Waals surface area contributed by atoms with Crippen molar-refractivity contribution in [3.63, 3.8) is 0 Å². The van der Waals surface area contributed by atoms with Gasteiger partial charge in [0.05, 0.1) is 0 Å². The number of aliphatic carboxylic acids is 2. The summed E-state index contributed by atoms with van der Waals surface area (Å²) in [7, 11) is 0. The third-order valence-electron chi connectivity index (χ3n) is 4.99. The molecule has 0 aliphatic heterocycles. The first-order valence-corrected chi connectivity index (χ1v) is 14.9. The van der Waals surface area contributed by atoms with Crippen molar-refractivity contribution in [2.45, 2.75) is 103 Å². The lowest BCUT2D eigenvalue weighted by atomic mass is 10.3. The van der Waals surface area contributed by atoms with Gasteiger partial charge in [0.1, 0.15) is 14.0 Å². The zero-order valence-electron chi connectivity index (χ0n) is 25.0. The molecule has 0 saturated carbocycles. The number of hydrogen-bond acceptors (Lipinski definition) is 17. The van der Waals surface area contributed by atoms with Gasteiger partial charge < -0.3 is 38.6 Å². The highest BCUT2D eigenvalue weighted by atomic mass is 32.2. The molecular weight excluding hydrogens is 652 g/mol. The second-order valence-corrected chi connectivity index (χ2v) is 12.8. The van der Waals surface area contributed by atoms with Crippen molar-refractivity contribution in [1.82, 2.24) is 0 Å². The Morgan fingerprint density at radius 2 is 0.636 bits per heavy atom. The Kier molecular flexibility index (Phi) is 17.6. The lowest BCUT2D eigenvalue weighted by molar-refractivity contribution is -0.180. The Morgan fingerprint density at radius 3 is 0.864 bits per heavy atom. The van der Waals surface area contributed by atoms with Crippen LogP contribution in [0.3, 0.4) is 0 Å². The highest BCUT2D eigenvalue weighted by Gasteiger charge is 2.31. The van der Waals surface area contributed by atoms with Gasteiger partial charge in [-0.25, -0.2) is 28.8 Å². The minimum atomic E-state index is -1.47. The molecular formula is C25H34O16S3. The van der Waals surface area contributed by atoms with E-state index >= 15 is 0 Å². The summed E-state index contributed by atoms with van der Waals surface area (Å²) in [5, 5.41) is 15.7. The molecule has 0 fully saturated rings. The van der Waals surface area contributed by atoms with Gasteiger partial charge in [0, 0.05) is 0 Å². The number of thioether (sulfide) groups is 2. The third kappa shape index (κ3) is 14.8. The highest BCUT2D eigenvalue weighted by molar-refractivity contribution is 8.47. The van der Waals surface area contributed by atoms with Crippen LogP contribution >= 0.6 is 35.7 Å². The van der Waals surface area contributed by atoms with E-state index in [0.29, 0.717) is 0 Å². The van der Waals surface area contributed by atoms with Crippen LogP contribution in [0.5, 0.6) is 0 Å². The van der Waals surface area contributed by atoms with E-state index < -0.39 is 94.9 Å². The van der Waals surface area contributed by atoms with Crippen LogP contribution < -0.4 is 0 Å². The Bertz CT molecular complexity index is 1040. The lowest BCUT2D eigenvalue weighted by Crippen LogP contribution is -2.36. The van der Waals surface area contributed by atoms with Gasteiger partial charge in [0.25, 0.3) is 0 Å². The smallest absolute Gasteiger partial charge is 0.347 e. The van der Waals surface area contributed by atoms with Gasteiger partial charge in [-0.2, -0.15) is 0 Å². The van der Waals surface area contributed by atoms with E-state index in [4.69, 9.17) is 41.4 Å². The maximum atomic E-state index is 12.4. The number of carboxylic acids is 2. The molecule has 0 bridgehead atoms. The summed E-state index contributed by atoms with van der Waals surface area (Å²) in [6.45, 7) is 9.72. The summed E-state index contributed by atoms with van der Waals surface area (Å²) in [6.07, 6.45) is -8.77. The molecule has 0 heterocycles. The average Bonchev–Trinajstić information content (AvgIpc) is 2.91. The van der Waals surface area contributed by atoms with Gasteiger partial charge in [0.15, 0.2) is 36.6 Å². The van der Waals surface area contributed by atoms with Crippen LogP contribution in [0, 0.1) is 0 Å². The molecule has 0 aliphatic rings. The average molecular weight is 687 g/mol. The number of carbonyl (C=O) groups is 8. The molecule has 0 aliphatic carbocycles. The fraction of sp³-hybridized carbons (Fsp3) is 0.640. The largest absolute Gasteiger partial charge is 0.479 e. The highest BCUT2D eigenvalue weighted by Crippen LogP contribution is 2.27. The first-order valence-electron chi connectivity index (χ1n) is 12.7. The van der Waals surface area contributed by atoms with Crippen LogP contribution in [-0.4, -0.2) is 109 Å². The number of esters is 6. The zero-order chi connectivity index (χ0) is 34.5. The summed E-state index contributed by atoms with van der Waals surface area (Å²) in [5.41, 5.74) is 0. The molecule has 0 saturated heterocycles. The van der Waals surface area contributed by atoms with Gasteiger partial charge >= 0.3 is 47.8 Å². The first-order chi connectivity index (χ1) is 20.2. The maximum absolute atomic E-state index is 12.4. The fourth-order valence-electron chi connectivity index (χ4n) is 2.33. The summed E-state index contributed by atoms with van der Waals surface area (Å²) in [6, 6.07) is 0. The molecule has 19 heteroatoms. The van der Waals surface area contributed by atoms with Crippen LogP contribution in [0.2, 0.25) is 0 Å². The molecule has 0 amide bonds. The molecule has 248 valence electrons. The van der Waals surface area contributed by atoms with Crippen LogP contribution in [0.1, 0.15) is 55.4 Å². The van der Waals surface area contributed by atoms with Crippen LogP contribution in [-0.2, 0) is 66.8 Å². The van der Waals surface area contributed by atoms with Crippen molar-refractivity contribution < 1.29 is 77.0 Å². The fourth-order valence-corrected chi connectivity index (χ4v) is 5.16. The molecule has 8 unspecified atom stereocenters. The summed E-state index contributed by atoms with van der Waals surface area (Å²) < 4.78 is 29.1. The zero-order valence-corrected chi connectivity index (χ0v) is 27.4. The summed E-state index contributed by atoms with van der Waals surface area (Å²) in [5.74, 6) is -8.97. The number of carboxylic acid groups (broad SMARTS) is 2. The third-order valence-corrected chi connectivity index (χ3v) is 7.62. The molecule has 0 aromatic carbocycles. The second-order valence-electron chi connectivity index (χ2n) is 8.92. The molecule has 0 rings (SSSR count). The maximum Gasteiger partial charge on any atom is 0.347 e. The Labute approximate surface area is 266 Å². The molecule has 8 atom stereocenters. The van der Waals surface area contributed by atoms with Gasteiger partial charge in [-0.05, 0) is 55.4 Å². The molecule has 44 heavy (non-hydrogen) atoms. The summed E-state index contributed by atoms with van der Waals surface area (Å²) in [4.78, 5) is 94.4. The number of thiocarbonyl (C=S) groups is 1. The van der Waals surface area contributed by atoms with E-state index in [-0.39, 0.29) is 3.53 Å². The van der Waals surface area contributed by atoms with Crippen LogP contribution in [0.4, 0.5) is 0 Å². The predicted octanol–water partition coefficient (Wildman–Crippen LogP) is 1.27. The van der Waals surface area contributed by atoms with Crippen molar-refractivity contribution in [3.05, 3.63) is 0 Å². The van der Waals surface area contributed by atoms with Gasteiger partial charge in [-0.3, -0.25) is 9.59 Å². The molecule has 2 N–H and O–H groups in total. The van der Waals surface area contributed by atoms with Crippen LogP contribution in [0.15, 0.2) is 0 Å². The normalized spacial score (nSPS) is 16.2. The van der Waals surface area contributed by atoms with E-state index in [2.05, 4.69) is 9.47 Å². The minimum absolute atomic E-state index is 0.109.